The van der Waals surface area contributed by atoms with Gasteiger partial charge in [0.25, 0.3) is 5.91 Å². The number of aromatic nitrogens is 1. The van der Waals surface area contributed by atoms with Crippen LogP contribution in [0.5, 0.6) is 0 Å². The molecule has 2 fully saturated rings. The molecular formula is C34H45BrN4O3. The quantitative estimate of drug-likeness (QED) is 0.304. The number of aromatic amines is 1. The van der Waals surface area contributed by atoms with Gasteiger partial charge in [0.05, 0.1) is 6.61 Å². The number of methoxy groups -OCH3 is 1. The second-order valence-corrected chi connectivity index (χ2v) is 12.9. The Morgan fingerprint density at radius 3 is 2.14 bits per heavy atom. The van der Waals surface area contributed by atoms with E-state index in [0.717, 1.165) is 97.3 Å². The van der Waals surface area contributed by atoms with Gasteiger partial charge in [0.2, 0.25) is 0 Å². The minimum absolute atomic E-state index is 0. The van der Waals surface area contributed by atoms with Crippen LogP contribution >= 0.6 is 15.9 Å². The van der Waals surface area contributed by atoms with Gasteiger partial charge in [0.1, 0.15) is 0 Å². The number of carbonyl (C=O) groups excluding carboxylic acids is 1. The maximum absolute atomic E-state index is 13.7. The molecule has 0 bridgehead atoms. The molecule has 0 atom stereocenters. The number of hydrogen-bond donors (Lipinski definition) is 0. The number of benzene rings is 2. The highest BCUT2D eigenvalue weighted by atomic mass is 79.9. The van der Waals surface area contributed by atoms with Gasteiger partial charge in [-0.15, -0.1) is 0 Å². The van der Waals surface area contributed by atoms with Crippen LogP contribution < -0.4 is 9.88 Å². The molecule has 5 rings (SSSR count). The Bertz CT molecular complexity index is 1300. The first kappa shape index (κ1) is 32.1. The van der Waals surface area contributed by atoms with E-state index in [2.05, 4.69) is 105 Å². The molecular weight excluding hydrogens is 592 g/mol. The monoisotopic (exact) mass is 636 g/mol. The lowest BCUT2D eigenvalue weighted by Gasteiger charge is -2.50. The van der Waals surface area contributed by atoms with Crippen LogP contribution in [0, 0.1) is 13.8 Å². The average Bonchev–Trinajstić information content (AvgIpc) is 2.99. The largest absolute Gasteiger partial charge is 0.870 e. The molecule has 3 heterocycles. The van der Waals surface area contributed by atoms with Gasteiger partial charge in [-0.05, 0) is 93.0 Å². The highest BCUT2D eigenvalue weighted by Gasteiger charge is 2.39. The van der Waals surface area contributed by atoms with Crippen LogP contribution in [-0.4, -0.2) is 79.2 Å². The number of nitrogens with zero attached hydrogens (tertiary/aromatic N) is 3. The second-order valence-electron chi connectivity index (χ2n) is 11.9. The van der Waals surface area contributed by atoms with Gasteiger partial charge in [-0.25, -0.2) is 4.98 Å². The van der Waals surface area contributed by atoms with Crippen LogP contribution in [0.1, 0.15) is 54.1 Å². The summed E-state index contributed by atoms with van der Waals surface area (Å²) in [5.74, 6) is 0.178. The van der Waals surface area contributed by atoms with Crippen LogP contribution in [0.25, 0.3) is 11.1 Å². The van der Waals surface area contributed by atoms with Crippen molar-refractivity contribution < 1.29 is 20.0 Å². The van der Waals surface area contributed by atoms with E-state index < -0.39 is 0 Å². The lowest BCUT2D eigenvalue weighted by atomic mass is 9.84. The summed E-state index contributed by atoms with van der Waals surface area (Å²) in [4.78, 5) is 24.1. The molecule has 0 radical (unpaired) electrons. The lowest BCUT2D eigenvalue weighted by molar-refractivity contribution is -0.377. The van der Waals surface area contributed by atoms with Crippen LogP contribution in [0.2, 0.25) is 0 Å². The Hall–Kier alpha value is -2.78. The summed E-state index contributed by atoms with van der Waals surface area (Å²) >= 11 is 3.57. The second kappa shape index (κ2) is 14.1. The third-order valence-corrected chi connectivity index (χ3v) is 9.82. The van der Waals surface area contributed by atoms with E-state index in [0.29, 0.717) is 6.04 Å². The van der Waals surface area contributed by atoms with E-state index in [4.69, 9.17) is 4.74 Å². The maximum Gasteiger partial charge on any atom is 0.254 e. The van der Waals surface area contributed by atoms with E-state index in [1.807, 2.05) is 12.4 Å². The van der Waals surface area contributed by atoms with E-state index in [1.54, 1.807) is 7.11 Å². The number of aryl methyl sites for hydroxylation is 2. The van der Waals surface area contributed by atoms with Gasteiger partial charge >= 0.3 is 0 Å². The molecule has 226 valence electrons. The first-order chi connectivity index (χ1) is 19.8. The summed E-state index contributed by atoms with van der Waals surface area (Å²) in [6, 6.07) is 17.6. The first-order valence-corrected chi connectivity index (χ1v) is 15.7. The van der Waals surface area contributed by atoms with Crippen LogP contribution in [0.15, 0.2) is 65.4 Å². The number of nitrogens with one attached hydrogen (secondary N) is 1. The smallest absolute Gasteiger partial charge is 0.254 e. The van der Waals surface area contributed by atoms with E-state index in [9.17, 15) is 4.79 Å². The zero-order valence-electron chi connectivity index (χ0n) is 25.4. The summed E-state index contributed by atoms with van der Waals surface area (Å²) in [6.07, 6.45) is 8.18. The van der Waals surface area contributed by atoms with Crippen molar-refractivity contribution in [2.24, 2.45) is 0 Å². The molecule has 0 spiro atoms. The summed E-state index contributed by atoms with van der Waals surface area (Å²) in [6.45, 7) is 12.0. The predicted octanol–water partition coefficient (Wildman–Crippen LogP) is 5.98. The number of anilines is 1. The highest BCUT2D eigenvalue weighted by Crippen LogP contribution is 2.34. The number of pyridine rings is 1. The fourth-order valence-corrected chi connectivity index (χ4v) is 7.04. The number of halogens is 1. The average molecular weight is 638 g/mol. The van der Waals surface area contributed by atoms with Crippen molar-refractivity contribution in [3.8, 4) is 11.1 Å². The number of amides is 1. The molecule has 2 N–H and O–H groups in total. The third kappa shape index (κ3) is 7.05. The zero-order valence-corrected chi connectivity index (χ0v) is 27.0. The predicted molar refractivity (Wildman–Crippen MR) is 171 cm³/mol. The summed E-state index contributed by atoms with van der Waals surface area (Å²) in [5.41, 5.74) is 6.68. The van der Waals surface area contributed by atoms with Gasteiger partial charge in [-0.3, -0.25) is 9.69 Å². The molecule has 42 heavy (non-hydrogen) atoms. The van der Waals surface area contributed by atoms with Crippen LogP contribution in [0.4, 0.5) is 5.69 Å². The number of rotatable bonds is 8. The number of piperidine rings is 2. The van der Waals surface area contributed by atoms with Gasteiger partial charge in [-0.2, -0.15) is 0 Å². The van der Waals surface area contributed by atoms with Crippen molar-refractivity contribution in [2.45, 2.75) is 58.0 Å². The zero-order chi connectivity index (χ0) is 29.0. The van der Waals surface area contributed by atoms with Crippen molar-refractivity contribution in [2.75, 3.05) is 51.3 Å². The number of ether oxygens (including phenoxy) is 1. The van der Waals surface area contributed by atoms with Gasteiger partial charge < -0.3 is 20.0 Å². The molecule has 2 aromatic carbocycles. The Labute approximate surface area is 259 Å². The minimum Gasteiger partial charge on any atom is -0.870 e. The minimum atomic E-state index is 0. The Morgan fingerprint density at radius 2 is 1.57 bits per heavy atom. The number of likely N-dealkylation sites (tertiary alicyclic amines) is 2. The van der Waals surface area contributed by atoms with E-state index in [1.165, 1.54) is 5.69 Å². The SMILES string of the molecule is COCCN(c1ccc(Br)cc1)C1CCN(C2(C)CCN(C(=O)c3c(C)cc(-c4cc[nH+]cc4)cc3C)CC2)CC1.[OH-]. The van der Waals surface area contributed by atoms with Gasteiger partial charge in [-0.1, -0.05) is 28.1 Å². The number of hydrogen-bond acceptors (Lipinski definition) is 5. The lowest BCUT2D eigenvalue weighted by Crippen LogP contribution is -2.58. The first-order valence-electron chi connectivity index (χ1n) is 14.9. The third-order valence-electron chi connectivity index (χ3n) is 9.29. The van der Waals surface area contributed by atoms with Crippen molar-refractivity contribution in [1.29, 1.82) is 0 Å². The molecule has 0 aliphatic carbocycles. The summed E-state index contributed by atoms with van der Waals surface area (Å²) in [5, 5.41) is 0. The van der Waals surface area contributed by atoms with Crippen molar-refractivity contribution in [1.82, 2.24) is 9.80 Å². The van der Waals surface area contributed by atoms with Crippen LogP contribution in [0.3, 0.4) is 0 Å². The van der Waals surface area contributed by atoms with Crippen molar-refractivity contribution >= 4 is 27.5 Å². The molecule has 1 amide bonds. The summed E-state index contributed by atoms with van der Waals surface area (Å²) < 4.78 is 6.55. The number of H-pyrrole nitrogens is 1. The molecule has 0 saturated carbocycles. The maximum atomic E-state index is 13.7. The molecule has 2 aliphatic heterocycles. The Kier molecular flexibility index (Phi) is 10.8. The number of carbonyl (C=O) groups is 1. The standard InChI is InChI=1S/C34H43BrN4O2.H2O/c1-25-23-28(27-9-15-36-16-10-27)24-26(2)32(25)33(40)37-19-13-34(3,14-20-37)38-17-11-31(12-18-38)39(21-22-41-4)30-7-5-29(35)6-8-30;/h5-10,15-16,23-24,31H,11-14,17-22H2,1-4H3;1H2. The fourth-order valence-electron chi connectivity index (χ4n) is 6.77. The van der Waals surface area contributed by atoms with E-state index in [-0.39, 0.29) is 16.9 Å². The molecule has 1 aromatic heterocycles. The normalized spacial score (nSPS) is 17.5. The summed E-state index contributed by atoms with van der Waals surface area (Å²) in [7, 11) is 1.78. The Morgan fingerprint density at radius 1 is 0.976 bits per heavy atom. The molecule has 7 nitrogen and oxygen atoms in total. The van der Waals surface area contributed by atoms with Crippen LogP contribution in [-0.2, 0) is 4.74 Å². The molecule has 2 saturated heterocycles. The molecule has 0 unspecified atom stereocenters. The van der Waals surface area contributed by atoms with Crippen molar-refractivity contribution in [3.05, 3.63) is 82.1 Å². The molecule has 3 aromatic rings. The molecule has 2 aliphatic rings. The fraction of sp³-hybridized carbons (Fsp3) is 0.471. The topological polar surface area (TPSA) is 80.2 Å². The van der Waals surface area contributed by atoms with Crippen molar-refractivity contribution in [3.63, 3.8) is 0 Å². The Balaban J connectivity index is 0.00000405. The van der Waals surface area contributed by atoms with Gasteiger partial charge in [0.15, 0.2) is 12.4 Å². The van der Waals surface area contributed by atoms with Gasteiger partial charge in [0, 0.05) is 79.3 Å². The molecule has 8 heteroatoms. The van der Waals surface area contributed by atoms with E-state index >= 15 is 0 Å². The highest BCUT2D eigenvalue weighted by molar-refractivity contribution is 9.10.